The van der Waals surface area contributed by atoms with Crippen molar-refractivity contribution in [3.8, 4) is 28.3 Å². The molecule has 0 saturated heterocycles. The molecule has 0 saturated carbocycles. The number of aryl methyl sites for hydroxylation is 1. The molecule has 0 spiro atoms. The van der Waals surface area contributed by atoms with Crippen LogP contribution >= 0.6 is 0 Å². The zero-order valence-electron chi connectivity index (χ0n) is 12.8. The maximum atomic E-state index is 12.3. The Morgan fingerprint density at radius 1 is 1.04 bits per heavy atom. The lowest BCUT2D eigenvalue weighted by Crippen LogP contribution is -2.16. The SMILES string of the molecule is Cn1nc2c(c1-c1ccc(OC(F)(F)F)cc1)Cc1ccccc1-2. The fraction of sp³-hybridized carbons (Fsp3) is 0.167. The summed E-state index contributed by atoms with van der Waals surface area (Å²) < 4.78 is 42.5. The molecule has 1 aliphatic carbocycles. The zero-order chi connectivity index (χ0) is 16.9. The van der Waals surface area contributed by atoms with E-state index in [9.17, 15) is 13.2 Å². The number of ether oxygens (including phenoxy) is 1. The van der Waals surface area contributed by atoms with Crippen molar-refractivity contribution in [3.63, 3.8) is 0 Å². The Balaban J connectivity index is 1.73. The van der Waals surface area contributed by atoms with Crippen molar-refractivity contribution in [2.45, 2.75) is 12.8 Å². The van der Waals surface area contributed by atoms with Crippen LogP contribution in [-0.4, -0.2) is 16.1 Å². The second kappa shape index (κ2) is 5.12. The highest BCUT2D eigenvalue weighted by Crippen LogP contribution is 2.41. The number of rotatable bonds is 2. The smallest absolute Gasteiger partial charge is 0.406 e. The van der Waals surface area contributed by atoms with Crippen molar-refractivity contribution in [2.75, 3.05) is 0 Å². The zero-order valence-corrected chi connectivity index (χ0v) is 12.8. The van der Waals surface area contributed by atoms with Crippen molar-refractivity contribution in [3.05, 3.63) is 59.7 Å². The Bertz CT molecular complexity index is 911. The van der Waals surface area contributed by atoms with Crippen molar-refractivity contribution in [1.29, 1.82) is 0 Å². The topological polar surface area (TPSA) is 27.1 Å². The van der Waals surface area contributed by atoms with Crippen molar-refractivity contribution >= 4 is 0 Å². The third kappa shape index (κ3) is 2.44. The highest BCUT2D eigenvalue weighted by molar-refractivity contribution is 5.81. The summed E-state index contributed by atoms with van der Waals surface area (Å²) in [5.41, 5.74) is 6.11. The number of nitrogens with zero attached hydrogens (tertiary/aromatic N) is 2. The number of hydrogen-bond acceptors (Lipinski definition) is 2. The number of hydrogen-bond donors (Lipinski definition) is 0. The molecule has 0 N–H and O–H groups in total. The van der Waals surface area contributed by atoms with Crippen LogP contribution in [0, 0.1) is 0 Å². The van der Waals surface area contributed by atoms with Gasteiger partial charge >= 0.3 is 6.36 Å². The molecule has 0 radical (unpaired) electrons. The highest BCUT2D eigenvalue weighted by atomic mass is 19.4. The van der Waals surface area contributed by atoms with Gasteiger partial charge in [-0.25, -0.2) is 0 Å². The summed E-state index contributed by atoms with van der Waals surface area (Å²) in [5.74, 6) is -0.228. The molecule has 0 atom stereocenters. The molecule has 122 valence electrons. The van der Waals surface area contributed by atoms with Gasteiger partial charge in [-0.3, -0.25) is 4.68 Å². The fourth-order valence-electron chi connectivity index (χ4n) is 3.22. The van der Waals surface area contributed by atoms with Crippen LogP contribution in [0.1, 0.15) is 11.1 Å². The number of aromatic nitrogens is 2. The van der Waals surface area contributed by atoms with Gasteiger partial charge in [0.25, 0.3) is 0 Å². The van der Waals surface area contributed by atoms with Crippen LogP contribution in [0.5, 0.6) is 5.75 Å². The highest BCUT2D eigenvalue weighted by Gasteiger charge is 2.31. The van der Waals surface area contributed by atoms with E-state index in [0.717, 1.165) is 34.5 Å². The maximum Gasteiger partial charge on any atom is 0.573 e. The molecule has 0 fully saturated rings. The lowest BCUT2D eigenvalue weighted by Gasteiger charge is -2.10. The summed E-state index contributed by atoms with van der Waals surface area (Å²) >= 11 is 0. The van der Waals surface area contributed by atoms with Crippen molar-refractivity contribution in [1.82, 2.24) is 9.78 Å². The van der Waals surface area contributed by atoms with Gasteiger partial charge in [0, 0.05) is 30.2 Å². The van der Waals surface area contributed by atoms with Gasteiger partial charge in [0.05, 0.1) is 11.4 Å². The van der Waals surface area contributed by atoms with Gasteiger partial charge in [0.1, 0.15) is 5.75 Å². The molecular formula is C18H13F3N2O. The third-order valence-electron chi connectivity index (χ3n) is 4.15. The minimum absolute atomic E-state index is 0.228. The van der Waals surface area contributed by atoms with Gasteiger partial charge < -0.3 is 4.74 Å². The molecule has 6 heteroatoms. The Hall–Kier alpha value is -2.76. The summed E-state index contributed by atoms with van der Waals surface area (Å²) in [5, 5.41) is 4.60. The van der Waals surface area contributed by atoms with E-state index in [0.29, 0.717) is 0 Å². The molecule has 0 aliphatic heterocycles. The van der Waals surface area contributed by atoms with Gasteiger partial charge in [0.2, 0.25) is 0 Å². The quantitative estimate of drug-likeness (QED) is 0.539. The first kappa shape index (κ1) is 14.8. The molecule has 0 amide bonds. The standard InChI is InChI=1S/C18H13F3N2O/c1-23-17(11-6-8-13(9-7-11)24-18(19,20)21)15-10-12-4-2-3-5-14(12)16(15)22-23/h2-9H,10H2,1H3. The second-order valence-electron chi connectivity index (χ2n) is 5.71. The molecule has 24 heavy (non-hydrogen) atoms. The Labute approximate surface area is 136 Å². The van der Waals surface area contributed by atoms with Crippen molar-refractivity contribution in [2.24, 2.45) is 7.05 Å². The lowest BCUT2D eigenvalue weighted by molar-refractivity contribution is -0.274. The van der Waals surface area contributed by atoms with Gasteiger partial charge in [-0.15, -0.1) is 13.2 Å². The molecular weight excluding hydrogens is 317 g/mol. The molecule has 4 rings (SSSR count). The minimum Gasteiger partial charge on any atom is -0.406 e. The van der Waals surface area contributed by atoms with Crippen LogP contribution in [0.2, 0.25) is 0 Å². The first-order chi connectivity index (χ1) is 11.4. The molecule has 1 aliphatic rings. The summed E-state index contributed by atoms with van der Waals surface area (Å²) in [6.45, 7) is 0. The minimum atomic E-state index is -4.68. The Kier molecular flexibility index (Phi) is 3.16. The summed E-state index contributed by atoms with van der Waals surface area (Å²) in [6, 6.07) is 14.0. The van der Waals surface area contributed by atoms with Crippen LogP contribution in [0.25, 0.3) is 22.5 Å². The molecule has 1 aromatic heterocycles. The largest absolute Gasteiger partial charge is 0.573 e. The van der Waals surface area contributed by atoms with Crippen LogP contribution < -0.4 is 4.74 Å². The third-order valence-corrected chi connectivity index (χ3v) is 4.15. The van der Waals surface area contributed by atoms with E-state index in [-0.39, 0.29) is 5.75 Å². The number of benzene rings is 2. The van der Waals surface area contributed by atoms with E-state index in [1.165, 1.54) is 17.7 Å². The van der Waals surface area contributed by atoms with Crippen molar-refractivity contribution < 1.29 is 17.9 Å². The van der Waals surface area contributed by atoms with Gasteiger partial charge in [0.15, 0.2) is 0 Å². The summed E-state index contributed by atoms with van der Waals surface area (Å²) in [6.07, 6.45) is -3.91. The predicted molar refractivity (Wildman–Crippen MR) is 83.6 cm³/mol. The van der Waals surface area contributed by atoms with Crippen LogP contribution in [0.15, 0.2) is 48.5 Å². The van der Waals surface area contributed by atoms with Gasteiger partial charge in [-0.05, 0) is 29.8 Å². The van der Waals surface area contributed by atoms with E-state index >= 15 is 0 Å². The normalized spacial score (nSPS) is 12.8. The van der Waals surface area contributed by atoms with Crippen LogP contribution in [0.4, 0.5) is 13.2 Å². The molecule has 0 bridgehead atoms. The fourth-order valence-corrected chi connectivity index (χ4v) is 3.22. The molecule has 2 aromatic carbocycles. The van der Waals surface area contributed by atoms with E-state index in [4.69, 9.17) is 0 Å². The lowest BCUT2D eigenvalue weighted by atomic mass is 10.1. The van der Waals surface area contributed by atoms with E-state index in [1.807, 2.05) is 25.2 Å². The van der Waals surface area contributed by atoms with E-state index < -0.39 is 6.36 Å². The van der Waals surface area contributed by atoms with Crippen LogP contribution in [0.3, 0.4) is 0 Å². The number of fused-ring (bicyclic) bond motifs is 3. The predicted octanol–water partition coefficient (Wildman–Crippen LogP) is 4.56. The molecule has 0 unspecified atom stereocenters. The summed E-state index contributed by atoms with van der Waals surface area (Å²) in [4.78, 5) is 0. The second-order valence-corrected chi connectivity index (χ2v) is 5.71. The molecule has 1 heterocycles. The Morgan fingerprint density at radius 2 is 1.75 bits per heavy atom. The average molecular weight is 330 g/mol. The van der Waals surface area contributed by atoms with Gasteiger partial charge in [-0.2, -0.15) is 5.10 Å². The number of halogens is 3. The first-order valence-electron chi connectivity index (χ1n) is 7.43. The number of alkyl halides is 3. The van der Waals surface area contributed by atoms with Crippen LogP contribution in [-0.2, 0) is 13.5 Å². The van der Waals surface area contributed by atoms with E-state index in [1.54, 1.807) is 16.8 Å². The molecule has 3 nitrogen and oxygen atoms in total. The maximum absolute atomic E-state index is 12.3. The monoisotopic (exact) mass is 330 g/mol. The summed E-state index contributed by atoms with van der Waals surface area (Å²) in [7, 11) is 1.84. The first-order valence-corrected chi connectivity index (χ1v) is 7.43. The average Bonchev–Trinajstić information content (AvgIpc) is 3.01. The Morgan fingerprint density at radius 3 is 2.46 bits per heavy atom. The van der Waals surface area contributed by atoms with Gasteiger partial charge in [-0.1, -0.05) is 24.3 Å². The van der Waals surface area contributed by atoms with E-state index in [2.05, 4.69) is 15.9 Å². The molecule has 3 aromatic rings.